The second-order valence-corrected chi connectivity index (χ2v) is 7.49. The molecule has 4 aromatic rings. The van der Waals surface area contributed by atoms with Crippen molar-refractivity contribution in [3.63, 3.8) is 0 Å². The molecule has 146 valence electrons. The number of aryl methyl sites for hydroxylation is 1. The number of nitrogens with one attached hydrogen (secondary N) is 2. The van der Waals surface area contributed by atoms with E-state index in [0.29, 0.717) is 11.9 Å². The molecule has 7 nitrogen and oxygen atoms in total. The summed E-state index contributed by atoms with van der Waals surface area (Å²) in [7, 11) is 0. The Morgan fingerprint density at radius 1 is 1.14 bits per heavy atom. The van der Waals surface area contributed by atoms with Crippen LogP contribution < -0.4 is 10.2 Å². The van der Waals surface area contributed by atoms with Crippen molar-refractivity contribution in [3.05, 3.63) is 66.0 Å². The lowest BCUT2D eigenvalue weighted by atomic mass is 10.0. The van der Waals surface area contributed by atoms with Gasteiger partial charge in [-0.15, -0.1) is 5.10 Å². The molecule has 7 heteroatoms. The van der Waals surface area contributed by atoms with Gasteiger partial charge >= 0.3 is 0 Å². The molecule has 2 aromatic carbocycles. The number of hydrogen-bond acceptors (Lipinski definition) is 6. The molecule has 0 spiro atoms. The van der Waals surface area contributed by atoms with E-state index in [4.69, 9.17) is 4.98 Å². The van der Waals surface area contributed by atoms with Crippen LogP contribution in [0.15, 0.2) is 54.7 Å². The Labute approximate surface area is 169 Å². The SMILES string of the molecule is Cc1n[nH]c2ccc(-c3nncc(N4CCN[C@@H](Cc5ccccc5)C4)n3)cc12. The predicted octanol–water partition coefficient (Wildman–Crippen LogP) is 2.74. The zero-order valence-electron chi connectivity index (χ0n) is 16.3. The van der Waals surface area contributed by atoms with E-state index in [0.717, 1.165) is 54.0 Å². The Kier molecular flexibility index (Phi) is 4.65. The van der Waals surface area contributed by atoms with E-state index in [-0.39, 0.29) is 0 Å². The van der Waals surface area contributed by atoms with Gasteiger partial charge in [0.15, 0.2) is 11.6 Å². The summed E-state index contributed by atoms with van der Waals surface area (Å²) >= 11 is 0. The molecule has 3 heterocycles. The van der Waals surface area contributed by atoms with Crippen LogP contribution in [0.2, 0.25) is 0 Å². The average molecular weight is 385 g/mol. The third-order valence-corrected chi connectivity index (χ3v) is 5.46. The topological polar surface area (TPSA) is 82.6 Å². The number of rotatable bonds is 4. The van der Waals surface area contributed by atoms with Crippen molar-refractivity contribution in [2.45, 2.75) is 19.4 Å². The summed E-state index contributed by atoms with van der Waals surface area (Å²) in [5.74, 6) is 1.52. The first-order valence-corrected chi connectivity index (χ1v) is 9.93. The number of hydrogen-bond donors (Lipinski definition) is 2. The Hall–Kier alpha value is -3.32. The fraction of sp³-hybridized carbons (Fsp3) is 0.273. The second-order valence-electron chi connectivity index (χ2n) is 7.49. The molecule has 1 aliphatic heterocycles. The fourth-order valence-electron chi connectivity index (χ4n) is 3.92. The van der Waals surface area contributed by atoms with E-state index in [1.807, 2.05) is 19.1 Å². The molecule has 0 radical (unpaired) electrons. The van der Waals surface area contributed by atoms with Gasteiger partial charge in [0, 0.05) is 36.6 Å². The standard InChI is InChI=1S/C22H23N7/c1-15-19-12-17(7-8-20(19)27-26-15)22-25-21(13-24-28-22)29-10-9-23-18(14-29)11-16-5-3-2-4-6-16/h2-8,12-13,18,23H,9-11,14H2,1H3,(H,26,27)/t18-/m0/s1. The van der Waals surface area contributed by atoms with Crippen molar-refractivity contribution < 1.29 is 0 Å². The Balaban J connectivity index is 1.37. The predicted molar refractivity (Wildman–Crippen MR) is 114 cm³/mol. The molecule has 5 rings (SSSR count). The molecule has 1 atom stereocenters. The van der Waals surface area contributed by atoms with Gasteiger partial charge in [0.1, 0.15) is 0 Å². The maximum absolute atomic E-state index is 4.82. The highest BCUT2D eigenvalue weighted by Gasteiger charge is 2.21. The van der Waals surface area contributed by atoms with Crippen LogP contribution in [-0.2, 0) is 6.42 Å². The number of aromatic amines is 1. The summed E-state index contributed by atoms with van der Waals surface area (Å²) in [6.45, 7) is 4.72. The van der Waals surface area contributed by atoms with Gasteiger partial charge in [0.05, 0.1) is 17.4 Å². The van der Waals surface area contributed by atoms with Gasteiger partial charge in [0.25, 0.3) is 0 Å². The van der Waals surface area contributed by atoms with Gasteiger partial charge in [-0.2, -0.15) is 10.2 Å². The summed E-state index contributed by atoms with van der Waals surface area (Å²) < 4.78 is 0. The molecule has 2 N–H and O–H groups in total. The number of fused-ring (bicyclic) bond motifs is 1. The van der Waals surface area contributed by atoms with Crippen LogP contribution in [0, 0.1) is 6.92 Å². The molecule has 1 aliphatic rings. The molecular weight excluding hydrogens is 362 g/mol. The molecule has 2 aromatic heterocycles. The zero-order valence-corrected chi connectivity index (χ0v) is 16.3. The minimum absolute atomic E-state index is 0.384. The van der Waals surface area contributed by atoms with Crippen molar-refractivity contribution in [1.82, 2.24) is 30.7 Å². The van der Waals surface area contributed by atoms with Crippen LogP contribution in [0.5, 0.6) is 0 Å². The summed E-state index contributed by atoms with van der Waals surface area (Å²) in [4.78, 5) is 7.12. The number of nitrogens with zero attached hydrogens (tertiary/aromatic N) is 5. The van der Waals surface area contributed by atoms with Crippen molar-refractivity contribution >= 4 is 16.7 Å². The van der Waals surface area contributed by atoms with Gasteiger partial charge in [0.2, 0.25) is 0 Å². The van der Waals surface area contributed by atoms with Crippen molar-refractivity contribution in [1.29, 1.82) is 0 Å². The Morgan fingerprint density at radius 3 is 2.93 bits per heavy atom. The van der Waals surface area contributed by atoms with Crippen molar-refractivity contribution in [2.24, 2.45) is 0 Å². The maximum atomic E-state index is 4.82. The summed E-state index contributed by atoms with van der Waals surface area (Å²) in [6, 6.07) is 17.1. The quantitative estimate of drug-likeness (QED) is 0.562. The van der Waals surface area contributed by atoms with Crippen LogP contribution in [0.4, 0.5) is 5.82 Å². The molecule has 0 unspecified atom stereocenters. The molecule has 0 aliphatic carbocycles. The summed E-state index contributed by atoms with van der Waals surface area (Å²) in [5, 5.41) is 20.5. The van der Waals surface area contributed by atoms with Gasteiger partial charge in [-0.1, -0.05) is 30.3 Å². The lowest BCUT2D eigenvalue weighted by molar-refractivity contribution is 0.452. The summed E-state index contributed by atoms with van der Waals surface area (Å²) in [5.41, 5.74) is 4.28. The average Bonchev–Trinajstić information content (AvgIpc) is 3.15. The van der Waals surface area contributed by atoms with E-state index < -0.39 is 0 Å². The minimum atomic E-state index is 0.384. The first kappa shape index (κ1) is 17.8. The van der Waals surface area contributed by atoms with E-state index in [2.05, 4.69) is 67.0 Å². The molecule has 1 saturated heterocycles. The fourth-order valence-corrected chi connectivity index (χ4v) is 3.92. The Bertz CT molecular complexity index is 1120. The van der Waals surface area contributed by atoms with Crippen molar-refractivity contribution in [2.75, 3.05) is 24.5 Å². The van der Waals surface area contributed by atoms with Crippen LogP contribution in [-0.4, -0.2) is 51.1 Å². The number of H-pyrrole nitrogens is 1. The third kappa shape index (κ3) is 3.69. The smallest absolute Gasteiger partial charge is 0.183 e. The lowest BCUT2D eigenvalue weighted by Crippen LogP contribution is -2.52. The van der Waals surface area contributed by atoms with E-state index in [1.54, 1.807) is 6.20 Å². The first-order valence-electron chi connectivity index (χ1n) is 9.93. The maximum Gasteiger partial charge on any atom is 0.183 e. The molecule has 0 amide bonds. The van der Waals surface area contributed by atoms with E-state index >= 15 is 0 Å². The van der Waals surface area contributed by atoms with E-state index in [1.165, 1.54) is 5.56 Å². The Morgan fingerprint density at radius 2 is 2.03 bits per heavy atom. The van der Waals surface area contributed by atoms with Crippen LogP contribution in [0.1, 0.15) is 11.3 Å². The molecule has 29 heavy (non-hydrogen) atoms. The minimum Gasteiger partial charge on any atom is -0.352 e. The second kappa shape index (κ2) is 7.60. The first-order chi connectivity index (χ1) is 14.3. The van der Waals surface area contributed by atoms with Crippen LogP contribution >= 0.6 is 0 Å². The van der Waals surface area contributed by atoms with E-state index in [9.17, 15) is 0 Å². The number of aromatic nitrogens is 5. The largest absolute Gasteiger partial charge is 0.352 e. The highest BCUT2D eigenvalue weighted by molar-refractivity contribution is 5.85. The molecular formula is C22H23N7. The van der Waals surface area contributed by atoms with Gasteiger partial charge in [-0.05, 0) is 37.1 Å². The highest BCUT2D eigenvalue weighted by atomic mass is 15.3. The van der Waals surface area contributed by atoms with Crippen LogP contribution in [0.3, 0.4) is 0 Å². The monoisotopic (exact) mass is 385 g/mol. The van der Waals surface area contributed by atoms with Gasteiger partial charge in [-0.3, -0.25) is 5.10 Å². The normalized spacial score (nSPS) is 17.0. The molecule has 0 saturated carbocycles. The molecule has 1 fully saturated rings. The lowest BCUT2D eigenvalue weighted by Gasteiger charge is -2.34. The van der Waals surface area contributed by atoms with Gasteiger partial charge < -0.3 is 10.2 Å². The zero-order chi connectivity index (χ0) is 19.6. The molecule has 0 bridgehead atoms. The number of benzene rings is 2. The third-order valence-electron chi connectivity index (χ3n) is 5.46. The van der Waals surface area contributed by atoms with Gasteiger partial charge in [-0.25, -0.2) is 4.98 Å². The van der Waals surface area contributed by atoms with Crippen LogP contribution in [0.25, 0.3) is 22.3 Å². The number of piperazine rings is 1. The number of anilines is 1. The summed E-state index contributed by atoms with van der Waals surface area (Å²) in [6.07, 6.45) is 2.76. The highest BCUT2D eigenvalue weighted by Crippen LogP contribution is 2.24. The van der Waals surface area contributed by atoms with Crippen molar-refractivity contribution in [3.8, 4) is 11.4 Å².